The van der Waals surface area contributed by atoms with Crippen LogP contribution >= 0.6 is 22.7 Å². The van der Waals surface area contributed by atoms with Gasteiger partial charge in [-0.05, 0) is 29.3 Å². The van der Waals surface area contributed by atoms with Crippen LogP contribution in [0.15, 0.2) is 35.0 Å². The number of rotatable bonds is 6. The van der Waals surface area contributed by atoms with Crippen molar-refractivity contribution < 1.29 is 9.90 Å². The van der Waals surface area contributed by atoms with Crippen LogP contribution in [0.1, 0.15) is 22.3 Å². The van der Waals surface area contributed by atoms with E-state index >= 15 is 0 Å². The second-order valence-corrected chi connectivity index (χ2v) is 5.94. The maximum absolute atomic E-state index is 11.6. The molecule has 0 bridgehead atoms. The fourth-order valence-corrected chi connectivity index (χ4v) is 3.06. The van der Waals surface area contributed by atoms with Crippen molar-refractivity contribution in [2.24, 2.45) is 0 Å². The fourth-order valence-electron chi connectivity index (χ4n) is 1.61. The molecule has 0 aliphatic rings. The molecule has 2 aromatic heterocycles. The summed E-state index contributed by atoms with van der Waals surface area (Å²) in [6, 6.07) is 7.71. The van der Waals surface area contributed by atoms with E-state index in [0.717, 1.165) is 9.75 Å². The molecule has 1 atom stereocenters. The fraction of sp³-hybridized carbons (Fsp3) is 0.308. The first-order valence-corrected chi connectivity index (χ1v) is 7.52. The molecular formula is C13H15NO2S2. The Morgan fingerprint density at radius 1 is 1.28 bits per heavy atom. The largest absolute Gasteiger partial charge is 0.388 e. The van der Waals surface area contributed by atoms with Gasteiger partial charge in [0, 0.05) is 16.3 Å². The molecule has 2 N–H and O–H groups in total. The predicted octanol–water partition coefficient (Wildman–Crippen LogP) is 2.59. The smallest absolute Gasteiger partial charge is 0.225 e. The molecule has 2 heterocycles. The molecule has 0 unspecified atom stereocenters. The van der Waals surface area contributed by atoms with Crippen LogP contribution in [0.25, 0.3) is 0 Å². The number of hydrogen-bond donors (Lipinski definition) is 2. The standard InChI is InChI=1S/C13H15NO2S2/c15-11(12-4-2-8-18-12)5-6-14-13(16)9-10-3-1-7-17-10/h1-4,7-8,11,15H,5-6,9H2,(H,14,16)/t11-/m0/s1. The second kappa shape index (κ2) is 6.68. The van der Waals surface area contributed by atoms with Gasteiger partial charge in [0.1, 0.15) is 0 Å². The summed E-state index contributed by atoms with van der Waals surface area (Å²) < 4.78 is 0. The van der Waals surface area contributed by atoms with Gasteiger partial charge in [-0.15, -0.1) is 22.7 Å². The zero-order chi connectivity index (χ0) is 12.8. The molecular weight excluding hydrogens is 266 g/mol. The number of carbonyl (C=O) groups is 1. The van der Waals surface area contributed by atoms with Crippen molar-refractivity contribution in [1.82, 2.24) is 5.32 Å². The molecule has 0 radical (unpaired) electrons. The molecule has 5 heteroatoms. The molecule has 1 amide bonds. The van der Waals surface area contributed by atoms with E-state index in [4.69, 9.17) is 0 Å². The van der Waals surface area contributed by atoms with Crippen molar-refractivity contribution in [2.45, 2.75) is 18.9 Å². The first kappa shape index (κ1) is 13.3. The minimum atomic E-state index is -0.480. The zero-order valence-electron chi connectivity index (χ0n) is 9.83. The second-order valence-electron chi connectivity index (χ2n) is 3.93. The Labute approximate surface area is 114 Å². The van der Waals surface area contributed by atoms with E-state index in [0.29, 0.717) is 19.4 Å². The highest BCUT2D eigenvalue weighted by Gasteiger charge is 2.09. The monoisotopic (exact) mass is 281 g/mol. The number of aliphatic hydroxyl groups excluding tert-OH is 1. The van der Waals surface area contributed by atoms with Crippen LogP contribution in [-0.4, -0.2) is 17.6 Å². The summed E-state index contributed by atoms with van der Waals surface area (Å²) in [7, 11) is 0. The SMILES string of the molecule is O=C(Cc1cccs1)NCC[C@H](O)c1cccs1. The molecule has 18 heavy (non-hydrogen) atoms. The third-order valence-corrected chi connectivity index (χ3v) is 4.38. The lowest BCUT2D eigenvalue weighted by atomic mass is 10.2. The Bertz CT molecular complexity index is 465. The van der Waals surface area contributed by atoms with Crippen LogP contribution < -0.4 is 5.32 Å². The van der Waals surface area contributed by atoms with Gasteiger partial charge in [-0.1, -0.05) is 12.1 Å². The van der Waals surface area contributed by atoms with E-state index in [2.05, 4.69) is 5.32 Å². The lowest BCUT2D eigenvalue weighted by Crippen LogP contribution is -2.26. The minimum Gasteiger partial charge on any atom is -0.388 e. The predicted molar refractivity (Wildman–Crippen MR) is 74.9 cm³/mol. The minimum absolute atomic E-state index is 0.0100. The number of nitrogens with one attached hydrogen (secondary N) is 1. The number of aliphatic hydroxyl groups is 1. The first-order chi connectivity index (χ1) is 8.75. The van der Waals surface area contributed by atoms with Gasteiger partial charge in [-0.2, -0.15) is 0 Å². The van der Waals surface area contributed by atoms with Crippen LogP contribution in [0.2, 0.25) is 0 Å². The van der Waals surface area contributed by atoms with Crippen molar-refractivity contribution >= 4 is 28.6 Å². The highest BCUT2D eigenvalue weighted by molar-refractivity contribution is 7.10. The van der Waals surface area contributed by atoms with Crippen LogP contribution in [0.3, 0.4) is 0 Å². The summed E-state index contributed by atoms with van der Waals surface area (Å²) in [5.41, 5.74) is 0. The van der Waals surface area contributed by atoms with E-state index in [1.54, 1.807) is 11.3 Å². The number of carbonyl (C=O) groups excluding carboxylic acids is 1. The van der Waals surface area contributed by atoms with Gasteiger partial charge in [0.05, 0.1) is 12.5 Å². The molecule has 2 rings (SSSR count). The Hall–Kier alpha value is -1.17. The molecule has 0 aliphatic heterocycles. The van der Waals surface area contributed by atoms with Gasteiger partial charge in [0.25, 0.3) is 0 Å². The Balaban J connectivity index is 1.67. The van der Waals surface area contributed by atoms with Crippen molar-refractivity contribution in [3.8, 4) is 0 Å². The topological polar surface area (TPSA) is 49.3 Å². The molecule has 96 valence electrons. The summed E-state index contributed by atoms with van der Waals surface area (Å²) in [5.74, 6) is 0.0100. The molecule has 0 spiro atoms. The van der Waals surface area contributed by atoms with Gasteiger partial charge < -0.3 is 10.4 Å². The van der Waals surface area contributed by atoms with E-state index in [9.17, 15) is 9.90 Å². The number of thiophene rings is 2. The number of hydrogen-bond acceptors (Lipinski definition) is 4. The molecule has 2 aromatic rings. The zero-order valence-corrected chi connectivity index (χ0v) is 11.5. The summed E-state index contributed by atoms with van der Waals surface area (Å²) in [6.45, 7) is 0.503. The molecule has 0 fully saturated rings. The summed E-state index contributed by atoms with van der Waals surface area (Å²) in [5, 5.41) is 16.6. The highest BCUT2D eigenvalue weighted by Crippen LogP contribution is 2.20. The number of amides is 1. The van der Waals surface area contributed by atoms with Gasteiger partial charge in [-0.25, -0.2) is 0 Å². The lowest BCUT2D eigenvalue weighted by molar-refractivity contribution is -0.120. The maximum Gasteiger partial charge on any atom is 0.225 e. The third kappa shape index (κ3) is 3.94. The van der Waals surface area contributed by atoms with Crippen LogP contribution in [0.4, 0.5) is 0 Å². The summed E-state index contributed by atoms with van der Waals surface area (Å²) in [6.07, 6.45) is 0.496. The van der Waals surface area contributed by atoms with Crippen molar-refractivity contribution in [3.63, 3.8) is 0 Å². The van der Waals surface area contributed by atoms with Gasteiger partial charge in [-0.3, -0.25) is 4.79 Å². The average Bonchev–Trinajstić information content (AvgIpc) is 3.00. The van der Waals surface area contributed by atoms with Gasteiger partial charge in [0.15, 0.2) is 0 Å². The molecule has 0 saturated carbocycles. The van der Waals surface area contributed by atoms with Crippen molar-refractivity contribution in [2.75, 3.05) is 6.54 Å². The Morgan fingerprint density at radius 2 is 2.06 bits per heavy atom. The third-order valence-electron chi connectivity index (χ3n) is 2.53. The summed E-state index contributed by atoms with van der Waals surface area (Å²) in [4.78, 5) is 13.6. The Kier molecular flexibility index (Phi) is 4.92. The molecule has 3 nitrogen and oxygen atoms in total. The quantitative estimate of drug-likeness (QED) is 0.855. The Morgan fingerprint density at radius 3 is 2.72 bits per heavy atom. The van der Waals surface area contributed by atoms with Crippen molar-refractivity contribution in [1.29, 1.82) is 0 Å². The molecule has 0 aromatic carbocycles. The van der Waals surface area contributed by atoms with E-state index < -0.39 is 6.10 Å². The first-order valence-electron chi connectivity index (χ1n) is 5.76. The molecule has 0 aliphatic carbocycles. The average molecular weight is 281 g/mol. The van der Waals surface area contributed by atoms with Crippen molar-refractivity contribution in [3.05, 3.63) is 44.8 Å². The summed E-state index contributed by atoms with van der Waals surface area (Å²) >= 11 is 3.11. The highest BCUT2D eigenvalue weighted by atomic mass is 32.1. The maximum atomic E-state index is 11.6. The van der Waals surface area contributed by atoms with Crippen LogP contribution in [-0.2, 0) is 11.2 Å². The van der Waals surface area contributed by atoms with Crippen LogP contribution in [0.5, 0.6) is 0 Å². The van der Waals surface area contributed by atoms with Gasteiger partial charge in [0.2, 0.25) is 5.91 Å². The van der Waals surface area contributed by atoms with Crippen LogP contribution in [0, 0.1) is 0 Å². The van der Waals surface area contributed by atoms with E-state index in [1.807, 2.05) is 35.0 Å². The van der Waals surface area contributed by atoms with E-state index in [1.165, 1.54) is 11.3 Å². The lowest BCUT2D eigenvalue weighted by Gasteiger charge is -2.09. The molecule has 0 saturated heterocycles. The van der Waals surface area contributed by atoms with E-state index in [-0.39, 0.29) is 5.91 Å². The van der Waals surface area contributed by atoms with Gasteiger partial charge >= 0.3 is 0 Å². The normalized spacial score (nSPS) is 12.3.